The van der Waals surface area contributed by atoms with Crippen LogP contribution in [0, 0.1) is 0 Å². The molecule has 1 aromatic carbocycles. The van der Waals surface area contributed by atoms with E-state index in [9.17, 15) is 9.00 Å². The van der Waals surface area contributed by atoms with Crippen molar-refractivity contribution in [1.29, 1.82) is 0 Å². The zero-order valence-electron chi connectivity index (χ0n) is 11.9. The van der Waals surface area contributed by atoms with Gasteiger partial charge in [-0.2, -0.15) is 0 Å². The van der Waals surface area contributed by atoms with E-state index < -0.39 is 10.8 Å². The van der Waals surface area contributed by atoms with Gasteiger partial charge < -0.3 is 4.90 Å². The Morgan fingerprint density at radius 3 is 2.80 bits per heavy atom. The zero-order chi connectivity index (χ0) is 14.7. The first-order valence-corrected chi connectivity index (χ1v) is 8.14. The molecule has 0 unspecified atom stereocenters. The number of fused-ring (bicyclic) bond motifs is 1. The molecule has 0 N–H and O–H groups in total. The Balaban J connectivity index is 2.34. The Morgan fingerprint density at radius 2 is 2.10 bits per heavy atom. The van der Waals surface area contributed by atoms with Crippen molar-refractivity contribution in [2.45, 2.75) is 13.0 Å². The fourth-order valence-electron chi connectivity index (χ4n) is 2.13. The summed E-state index contributed by atoms with van der Waals surface area (Å²) in [6.07, 6.45) is 3.36. The summed E-state index contributed by atoms with van der Waals surface area (Å²) in [4.78, 5) is 18.5. The Kier molecular flexibility index (Phi) is 4.49. The summed E-state index contributed by atoms with van der Waals surface area (Å²) in [5.74, 6) is 0.409. The Bertz CT molecular complexity index is 652. The molecule has 1 amide bonds. The lowest BCUT2D eigenvalue weighted by Crippen LogP contribution is -2.38. The van der Waals surface area contributed by atoms with Crippen LogP contribution in [-0.2, 0) is 10.8 Å². The molecule has 0 aliphatic rings. The molecule has 0 aliphatic carbocycles. The van der Waals surface area contributed by atoms with Crippen molar-refractivity contribution in [2.75, 3.05) is 19.1 Å². The topological polar surface area (TPSA) is 50.3 Å². The normalized spacial score (nSPS) is 13.9. The highest BCUT2D eigenvalue weighted by Gasteiger charge is 2.20. The van der Waals surface area contributed by atoms with E-state index in [1.54, 1.807) is 30.5 Å². The number of nitrogens with zero attached hydrogens (tertiary/aromatic N) is 2. The van der Waals surface area contributed by atoms with Gasteiger partial charge in [-0.05, 0) is 25.1 Å². The molecule has 0 radical (unpaired) electrons. The third kappa shape index (κ3) is 3.04. The van der Waals surface area contributed by atoms with Gasteiger partial charge in [0.15, 0.2) is 0 Å². The molecular formula is C15H18N2O2S. The fourth-order valence-corrected chi connectivity index (χ4v) is 3.03. The fraction of sp³-hybridized carbons (Fsp3) is 0.333. The molecule has 106 valence electrons. The summed E-state index contributed by atoms with van der Waals surface area (Å²) >= 11 is 0. The van der Waals surface area contributed by atoms with Crippen LogP contribution in [0.15, 0.2) is 36.5 Å². The van der Waals surface area contributed by atoms with Crippen LogP contribution in [0.2, 0.25) is 0 Å². The zero-order valence-corrected chi connectivity index (χ0v) is 12.7. The van der Waals surface area contributed by atoms with Crippen molar-refractivity contribution in [3.63, 3.8) is 0 Å². The van der Waals surface area contributed by atoms with Crippen LogP contribution in [0.3, 0.4) is 0 Å². The van der Waals surface area contributed by atoms with Crippen LogP contribution in [0.5, 0.6) is 0 Å². The highest BCUT2D eigenvalue weighted by Crippen LogP contribution is 2.18. The lowest BCUT2D eigenvalue weighted by Gasteiger charge is -2.24. The van der Waals surface area contributed by atoms with Crippen molar-refractivity contribution in [2.24, 2.45) is 0 Å². The molecule has 1 aromatic heterocycles. The molecular weight excluding hydrogens is 272 g/mol. The molecule has 0 saturated carbocycles. The van der Waals surface area contributed by atoms with E-state index in [4.69, 9.17) is 0 Å². The van der Waals surface area contributed by atoms with Gasteiger partial charge >= 0.3 is 0 Å². The smallest absolute Gasteiger partial charge is 0.254 e. The quantitative estimate of drug-likeness (QED) is 0.866. The average Bonchev–Trinajstić information content (AvgIpc) is 2.44. The lowest BCUT2D eigenvalue weighted by atomic mass is 10.1. The van der Waals surface area contributed by atoms with Gasteiger partial charge in [-0.15, -0.1) is 0 Å². The molecule has 0 aliphatic heterocycles. The summed E-state index contributed by atoms with van der Waals surface area (Å²) in [6, 6.07) is 9.17. The molecule has 2 aromatic rings. The van der Waals surface area contributed by atoms with E-state index in [0.29, 0.717) is 11.3 Å². The number of carbonyl (C=O) groups excluding carboxylic acids is 1. The third-order valence-corrected chi connectivity index (χ3v) is 4.29. The van der Waals surface area contributed by atoms with Gasteiger partial charge in [0.25, 0.3) is 5.91 Å². The van der Waals surface area contributed by atoms with Crippen molar-refractivity contribution < 1.29 is 9.00 Å². The summed E-state index contributed by atoms with van der Waals surface area (Å²) in [6.45, 7) is 1.91. The maximum Gasteiger partial charge on any atom is 0.254 e. The monoisotopic (exact) mass is 290 g/mol. The third-order valence-electron chi connectivity index (χ3n) is 3.33. The maximum atomic E-state index is 12.6. The Hall–Kier alpha value is -1.75. The molecule has 2 atom stereocenters. The second-order valence-electron chi connectivity index (χ2n) is 4.88. The minimum Gasteiger partial charge on any atom is -0.338 e. The first-order valence-electron chi connectivity index (χ1n) is 6.41. The minimum absolute atomic E-state index is 0.0680. The van der Waals surface area contributed by atoms with E-state index in [1.165, 1.54) is 0 Å². The average molecular weight is 290 g/mol. The number of pyridine rings is 1. The lowest BCUT2D eigenvalue weighted by molar-refractivity contribution is 0.0759. The van der Waals surface area contributed by atoms with E-state index in [-0.39, 0.29) is 11.9 Å². The van der Waals surface area contributed by atoms with Gasteiger partial charge in [0.2, 0.25) is 0 Å². The maximum absolute atomic E-state index is 12.6. The highest BCUT2D eigenvalue weighted by atomic mass is 32.2. The summed E-state index contributed by atoms with van der Waals surface area (Å²) in [7, 11) is 0.823. The SMILES string of the molecule is C[C@@H](C[S@@](C)=O)N(C)C(=O)c1cccc2ncccc12. The standard InChI is InChI=1S/C15H18N2O2S/c1-11(10-20(3)19)17(2)15(18)13-6-4-8-14-12(13)7-5-9-16-14/h4-9,11H,10H2,1-3H3/t11-,20+/m0/s1. The molecule has 20 heavy (non-hydrogen) atoms. The molecule has 1 heterocycles. The number of amides is 1. The van der Waals surface area contributed by atoms with Gasteiger partial charge in [0, 0.05) is 53.0 Å². The second-order valence-corrected chi connectivity index (χ2v) is 6.36. The van der Waals surface area contributed by atoms with Crippen molar-refractivity contribution in [3.05, 3.63) is 42.1 Å². The minimum atomic E-state index is -0.923. The van der Waals surface area contributed by atoms with Crippen LogP contribution >= 0.6 is 0 Å². The number of carbonyl (C=O) groups is 1. The molecule has 0 fully saturated rings. The number of hydrogen-bond acceptors (Lipinski definition) is 3. The number of hydrogen-bond donors (Lipinski definition) is 0. The molecule has 2 rings (SSSR count). The summed E-state index contributed by atoms with van der Waals surface area (Å²) in [5.41, 5.74) is 1.44. The van der Waals surface area contributed by atoms with Crippen LogP contribution in [-0.4, -0.2) is 45.1 Å². The predicted octanol–water partition coefficient (Wildman–Crippen LogP) is 2.07. The van der Waals surface area contributed by atoms with Crippen molar-refractivity contribution in [3.8, 4) is 0 Å². The predicted molar refractivity (Wildman–Crippen MR) is 82.2 cm³/mol. The largest absolute Gasteiger partial charge is 0.338 e. The van der Waals surface area contributed by atoms with E-state index in [1.807, 2.05) is 31.2 Å². The van der Waals surface area contributed by atoms with Gasteiger partial charge in [-0.25, -0.2) is 0 Å². The van der Waals surface area contributed by atoms with E-state index in [0.717, 1.165) is 10.9 Å². The summed E-state index contributed by atoms with van der Waals surface area (Å²) in [5, 5.41) is 0.844. The van der Waals surface area contributed by atoms with Crippen LogP contribution in [0.4, 0.5) is 0 Å². The highest BCUT2D eigenvalue weighted by molar-refractivity contribution is 7.84. The van der Waals surface area contributed by atoms with Gasteiger partial charge in [0.05, 0.1) is 5.52 Å². The van der Waals surface area contributed by atoms with Gasteiger partial charge in [0.1, 0.15) is 0 Å². The number of aromatic nitrogens is 1. The molecule has 4 nitrogen and oxygen atoms in total. The number of benzene rings is 1. The summed E-state index contributed by atoms with van der Waals surface area (Å²) < 4.78 is 11.3. The molecule has 0 spiro atoms. The first kappa shape index (κ1) is 14.7. The van der Waals surface area contributed by atoms with Crippen LogP contribution in [0.1, 0.15) is 17.3 Å². The van der Waals surface area contributed by atoms with Gasteiger partial charge in [-0.3, -0.25) is 14.0 Å². The van der Waals surface area contributed by atoms with Crippen LogP contribution < -0.4 is 0 Å². The van der Waals surface area contributed by atoms with Crippen LogP contribution in [0.25, 0.3) is 10.9 Å². The first-order chi connectivity index (χ1) is 9.50. The molecule has 0 bridgehead atoms. The van der Waals surface area contributed by atoms with Crippen molar-refractivity contribution >= 4 is 27.6 Å². The van der Waals surface area contributed by atoms with Crippen molar-refractivity contribution in [1.82, 2.24) is 9.88 Å². The Morgan fingerprint density at radius 1 is 1.35 bits per heavy atom. The Labute approximate surface area is 121 Å². The molecule has 0 saturated heterocycles. The van der Waals surface area contributed by atoms with E-state index in [2.05, 4.69) is 4.98 Å². The van der Waals surface area contributed by atoms with E-state index >= 15 is 0 Å². The number of rotatable bonds is 4. The second kappa shape index (κ2) is 6.13. The molecule has 5 heteroatoms. The van der Waals surface area contributed by atoms with Gasteiger partial charge in [-0.1, -0.05) is 12.1 Å².